The van der Waals surface area contributed by atoms with Gasteiger partial charge in [-0.25, -0.2) is 0 Å². The Morgan fingerprint density at radius 3 is 0.843 bits per heavy atom. The molecule has 0 unspecified atom stereocenters. The number of allylic oxidation sites excluding steroid dienone is 4. The molecular formula is C60H30N8O16S5. The number of rotatable bonds is 14. The smallest absolute Gasteiger partial charge is 0.362 e. The average molecular weight is 1280 g/mol. The van der Waals surface area contributed by atoms with E-state index in [2.05, 4.69) is 19.2 Å². The number of hydrogen-bond donors (Lipinski definition) is 0. The summed E-state index contributed by atoms with van der Waals surface area (Å²) in [6.45, 7) is 0. The van der Waals surface area contributed by atoms with Crippen LogP contribution in [0.2, 0.25) is 0 Å². The van der Waals surface area contributed by atoms with Gasteiger partial charge in [-0.3, -0.25) is 19.2 Å². The number of Topliss-reactive ketones (excluding diaryl/α,β-unsaturated/α-hetero) is 4. The lowest BCUT2D eigenvalue weighted by Gasteiger charge is -2.22. The summed E-state index contributed by atoms with van der Waals surface area (Å²) in [5.41, 5.74) is 34.3. The first kappa shape index (κ1) is 58.2. The van der Waals surface area contributed by atoms with Crippen molar-refractivity contribution < 1.29 is 88.7 Å². The predicted molar refractivity (Wildman–Crippen MR) is 317 cm³/mol. The molecule has 0 aliphatic heterocycles. The third kappa shape index (κ3) is 10.0. The largest absolute Gasteiger partial charge is 0.374 e. The Morgan fingerprint density at radius 1 is 0.315 bits per heavy atom. The van der Waals surface area contributed by atoms with E-state index < -0.39 is 139 Å². The molecule has 89 heavy (non-hydrogen) atoms. The van der Waals surface area contributed by atoms with Crippen molar-refractivity contribution in [2.24, 2.45) is 0 Å². The molecule has 29 heteroatoms. The van der Waals surface area contributed by atoms with Crippen molar-refractivity contribution in [3.05, 3.63) is 224 Å². The minimum absolute atomic E-state index is 0.0827. The summed E-state index contributed by atoms with van der Waals surface area (Å²) in [5.74, 6) is -7.21. The lowest BCUT2D eigenvalue weighted by Crippen LogP contribution is -2.22. The molecule has 8 aromatic rings. The van der Waals surface area contributed by atoms with Crippen LogP contribution in [0.1, 0.15) is 63.7 Å². The molecule has 436 valence electrons. The highest BCUT2D eigenvalue weighted by Gasteiger charge is 2.39. The van der Waals surface area contributed by atoms with Gasteiger partial charge in [0.05, 0.1) is 9.79 Å². The Labute approximate surface area is 506 Å². The lowest BCUT2D eigenvalue weighted by molar-refractivity contribution is -0.00459. The zero-order chi connectivity index (χ0) is 62.9. The Hall–Kier alpha value is -11.2. The van der Waals surface area contributed by atoms with E-state index in [0.717, 1.165) is 72.9 Å². The van der Waals surface area contributed by atoms with Crippen molar-refractivity contribution in [2.75, 3.05) is 0 Å². The van der Waals surface area contributed by atoms with Crippen LogP contribution in [0.3, 0.4) is 0 Å². The maximum absolute atomic E-state index is 15.2. The molecule has 0 bridgehead atoms. The fraction of sp³-hybridized carbons (Fsp3) is 0. The summed E-state index contributed by atoms with van der Waals surface area (Å²) >= 11 is 0.394. The molecule has 0 radical (unpaired) electrons. The van der Waals surface area contributed by atoms with Gasteiger partial charge in [0.2, 0.25) is 11.5 Å². The van der Waals surface area contributed by atoms with Gasteiger partial charge >= 0.3 is 63.3 Å². The molecule has 0 heterocycles. The van der Waals surface area contributed by atoms with Gasteiger partial charge in [0.15, 0.2) is 11.5 Å². The molecule has 0 atom stereocenters. The monoisotopic (exact) mass is 1280 g/mol. The number of ketones is 4. The maximum Gasteiger partial charge on any atom is 0.362 e. The van der Waals surface area contributed by atoms with Gasteiger partial charge in [0.1, 0.15) is 19.6 Å². The normalized spacial score (nSPS) is 14.3. The highest BCUT2D eigenvalue weighted by atomic mass is 32.2. The quantitative estimate of drug-likeness (QED) is 0.0557. The van der Waals surface area contributed by atoms with Crippen LogP contribution >= 0.6 is 11.8 Å². The van der Waals surface area contributed by atoms with Crippen molar-refractivity contribution in [1.29, 1.82) is 0 Å². The van der Waals surface area contributed by atoms with E-state index in [1.54, 1.807) is 0 Å². The van der Waals surface area contributed by atoms with Crippen LogP contribution in [0.4, 0.5) is 0 Å². The molecule has 0 fully saturated rings. The van der Waals surface area contributed by atoms with E-state index in [0.29, 0.717) is 11.8 Å². The molecule has 0 saturated carbocycles. The van der Waals surface area contributed by atoms with E-state index in [1.165, 1.54) is 109 Å². The predicted octanol–water partition coefficient (Wildman–Crippen LogP) is 8.74. The first-order chi connectivity index (χ1) is 42.6. The molecule has 0 saturated heterocycles. The van der Waals surface area contributed by atoms with Gasteiger partial charge in [0.25, 0.3) is 23.1 Å². The van der Waals surface area contributed by atoms with Crippen molar-refractivity contribution >= 4 is 144 Å². The van der Waals surface area contributed by atoms with Crippen molar-refractivity contribution in [3.8, 4) is 23.0 Å². The molecule has 0 amide bonds. The summed E-state index contributed by atoms with van der Waals surface area (Å²) in [4.78, 5) is 61.9. The lowest BCUT2D eigenvalue weighted by atomic mass is 9.95. The number of carbonyl (C=O) groups excluding carboxylic acids is 4. The first-order valence-electron chi connectivity index (χ1n) is 25.5. The summed E-state index contributed by atoms with van der Waals surface area (Å²) in [6.07, 6.45) is 8.74. The van der Waals surface area contributed by atoms with E-state index in [4.69, 9.17) is 16.7 Å². The van der Waals surface area contributed by atoms with Gasteiger partial charge in [0, 0.05) is 79.6 Å². The van der Waals surface area contributed by atoms with Crippen LogP contribution in [0, 0.1) is 0 Å². The summed E-state index contributed by atoms with van der Waals surface area (Å²) in [6, 6.07) is 27.9. The second kappa shape index (κ2) is 21.9. The number of carbonyl (C=O) groups is 4. The zero-order valence-corrected chi connectivity index (χ0v) is 48.6. The molecule has 12 rings (SSSR count). The highest BCUT2D eigenvalue weighted by Crippen LogP contribution is 2.54. The van der Waals surface area contributed by atoms with Gasteiger partial charge in [-0.1, -0.05) is 109 Å². The topological polar surface area (TPSA) is 387 Å². The Bertz CT molecular complexity index is 5200. The molecular weight excluding hydrogens is 1250 g/mol. The van der Waals surface area contributed by atoms with E-state index in [1.807, 2.05) is 0 Å². The SMILES string of the molecule is [N-]=[N+]=C1C=Cc2c(cccc2S(=O)(=O)Oc2c(Sc3cc4ccccc4c(OS(=O)(=O)c4cccc5c4C=CC(=[N+]=[N-])C5=O)c3OS(=O)(=O)c3cccc4c3C=CC(=[N+]=[N-])C4=O)cc3ccccc3c2OS(=O)(=O)c2cccc3c2C=CC(=[N+]=[N-])C3=O)C1=O. The average Bonchev–Trinajstić information content (AvgIpc) is 0.851. The molecule has 0 spiro atoms. The van der Waals surface area contributed by atoms with Crippen LogP contribution in [0.5, 0.6) is 23.0 Å². The number of nitrogens with zero attached hydrogens (tertiary/aromatic N) is 8. The number of fused-ring (bicyclic) bond motifs is 6. The Morgan fingerprint density at radius 2 is 0.573 bits per heavy atom. The fourth-order valence-electron chi connectivity index (χ4n) is 10.1. The minimum atomic E-state index is -5.39. The zero-order valence-electron chi connectivity index (χ0n) is 44.5. The third-order valence-electron chi connectivity index (χ3n) is 14.1. The van der Waals surface area contributed by atoms with Gasteiger partial charge in [-0.2, -0.15) is 52.8 Å². The molecule has 0 aromatic heterocycles. The molecule has 0 N–H and O–H groups in total. The Balaban J connectivity index is 1.12. The van der Waals surface area contributed by atoms with Crippen molar-refractivity contribution in [3.63, 3.8) is 0 Å². The van der Waals surface area contributed by atoms with Crippen LogP contribution in [-0.2, 0) is 40.5 Å². The van der Waals surface area contributed by atoms with Gasteiger partial charge in [-0.05, 0) is 71.5 Å². The fourth-order valence-corrected chi connectivity index (χ4v) is 15.9. The molecule has 4 aliphatic rings. The van der Waals surface area contributed by atoms with Crippen LogP contribution in [0.15, 0.2) is 187 Å². The van der Waals surface area contributed by atoms with Crippen molar-refractivity contribution in [1.82, 2.24) is 0 Å². The van der Waals surface area contributed by atoms with E-state index in [-0.39, 0.29) is 66.1 Å². The van der Waals surface area contributed by atoms with E-state index >= 15 is 33.7 Å². The second-order valence-corrected chi connectivity index (χ2v) is 26.4. The Kier molecular flexibility index (Phi) is 14.3. The number of benzene rings is 8. The van der Waals surface area contributed by atoms with Crippen molar-refractivity contribution in [2.45, 2.75) is 29.4 Å². The van der Waals surface area contributed by atoms with Gasteiger partial charge < -0.3 is 38.9 Å². The molecule has 24 nitrogen and oxygen atoms in total. The maximum atomic E-state index is 15.2. The second-order valence-electron chi connectivity index (χ2n) is 19.2. The minimum Gasteiger partial charge on any atom is -0.374 e. The third-order valence-corrected chi connectivity index (χ3v) is 20.3. The first-order valence-corrected chi connectivity index (χ1v) is 31.9. The summed E-state index contributed by atoms with van der Waals surface area (Å²) < 4.78 is 145. The van der Waals surface area contributed by atoms with Crippen LogP contribution in [-0.4, -0.2) is 98.8 Å². The summed E-state index contributed by atoms with van der Waals surface area (Å²) in [7, 11) is -21.4. The molecule has 4 aliphatic carbocycles. The number of hydrogen-bond acceptors (Lipinski definition) is 17. The van der Waals surface area contributed by atoms with E-state index in [9.17, 15) is 41.3 Å². The van der Waals surface area contributed by atoms with Crippen LogP contribution < -0.4 is 16.7 Å². The van der Waals surface area contributed by atoms with Gasteiger partial charge in [-0.15, -0.1) is 0 Å². The van der Waals surface area contributed by atoms with Crippen LogP contribution in [0.25, 0.3) is 68.0 Å². The standard InChI is InChI=1S/C60H30N8O16S5/c61-65-43-25-21-35-39(53(43)69)13-5-17-49(35)86(73,74)81-57-33-11-3-1-9-31(33)29-47(59(57)83-88(77,78)51-19-7-15-41-37(51)23-27-45(67-63)55(41)71)85-48-30-32-10-2-4-12-34(32)58(82-87(75,76)50-18-6-14-40-36(50)22-26-44(66-62)54(40)70)60(48)84-89(79,80)52-20-8-16-42-38(52)24-28-46(68-64)56(42)72/h1-30H. The summed E-state index contributed by atoms with van der Waals surface area (Å²) in [5, 5.41) is -0.140. The highest BCUT2D eigenvalue weighted by molar-refractivity contribution is 7.99. The molecule has 8 aromatic carbocycles.